The minimum absolute atomic E-state index is 0.528. The minimum Gasteiger partial charge on any atom is -0.379 e. The second-order valence-electron chi connectivity index (χ2n) is 4.92. The van der Waals surface area contributed by atoms with Gasteiger partial charge in [0.25, 0.3) is 0 Å². The maximum Gasteiger partial charge on any atom is 0.0641 e. The summed E-state index contributed by atoms with van der Waals surface area (Å²) in [5.74, 6) is 0.820. The number of benzene rings is 1. The Bertz CT molecular complexity index is 393. The van der Waals surface area contributed by atoms with Crippen LogP contribution in [-0.4, -0.2) is 26.8 Å². The summed E-state index contributed by atoms with van der Waals surface area (Å²) in [5.41, 5.74) is 7.95. The van der Waals surface area contributed by atoms with E-state index in [1.54, 1.807) is 0 Å². The van der Waals surface area contributed by atoms with Gasteiger partial charge >= 0.3 is 0 Å². The van der Waals surface area contributed by atoms with Gasteiger partial charge in [0.15, 0.2) is 0 Å². The van der Waals surface area contributed by atoms with Gasteiger partial charge < -0.3 is 15.4 Å². The van der Waals surface area contributed by atoms with Crippen molar-refractivity contribution in [3.05, 3.63) is 28.8 Å². The SMILES string of the molecule is CN(CCOCC1CC1)c1cc(Cl)ccc1CN. The number of anilines is 1. The van der Waals surface area contributed by atoms with Gasteiger partial charge in [-0.25, -0.2) is 0 Å². The molecule has 18 heavy (non-hydrogen) atoms. The van der Waals surface area contributed by atoms with Crippen molar-refractivity contribution in [3.63, 3.8) is 0 Å². The zero-order valence-electron chi connectivity index (χ0n) is 10.9. The number of hydrogen-bond acceptors (Lipinski definition) is 3. The van der Waals surface area contributed by atoms with Gasteiger partial charge in [0, 0.05) is 37.5 Å². The molecule has 0 bridgehead atoms. The Labute approximate surface area is 114 Å². The summed E-state index contributed by atoms with van der Waals surface area (Å²) in [4.78, 5) is 2.15. The topological polar surface area (TPSA) is 38.5 Å². The molecular weight excluding hydrogens is 248 g/mol. The molecule has 1 aliphatic carbocycles. The molecule has 0 amide bonds. The molecule has 0 aliphatic heterocycles. The van der Waals surface area contributed by atoms with E-state index in [4.69, 9.17) is 22.1 Å². The Balaban J connectivity index is 1.85. The first-order chi connectivity index (χ1) is 8.70. The maximum absolute atomic E-state index is 6.03. The van der Waals surface area contributed by atoms with Crippen LogP contribution in [0, 0.1) is 5.92 Å². The Kier molecular flexibility index (Phi) is 4.87. The normalized spacial score (nSPS) is 14.8. The van der Waals surface area contributed by atoms with Crippen LogP contribution in [0.5, 0.6) is 0 Å². The highest BCUT2D eigenvalue weighted by molar-refractivity contribution is 6.30. The lowest BCUT2D eigenvalue weighted by molar-refractivity contribution is 0.131. The minimum atomic E-state index is 0.528. The van der Waals surface area contributed by atoms with E-state index in [1.807, 2.05) is 25.2 Å². The summed E-state index contributed by atoms with van der Waals surface area (Å²) in [6, 6.07) is 5.83. The van der Waals surface area contributed by atoms with Crippen LogP contribution in [0.4, 0.5) is 5.69 Å². The van der Waals surface area contributed by atoms with E-state index in [0.29, 0.717) is 6.54 Å². The Morgan fingerprint density at radius 1 is 1.44 bits per heavy atom. The molecule has 100 valence electrons. The Morgan fingerprint density at radius 3 is 2.89 bits per heavy atom. The van der Waals surface area contributed by atoms with Crippen LogP contribution in [0.15, 0.2) is 18.2 Å². The van der Waals surface area contributed by atoms with Gasteiger partial charge in [-0.05, 0) is 36.5 Å². The van der Waals surface area contributed by atoms with E-state index < -0.39 is 0 Å². The van der Waals surface area contributed by atoms with Gasteiger partial charge in [0.2, 0.25) is 0 Å². The highest BCUT2D eigenvalue weighted by Gasteiger charge is 2.21. The monoisotopic (exact) mass is 268 g/mol. The van der Waals surface area contributed by atoms with Crippen molar-refractivity contribution in [2.75, 3.05) is 31.7 Å². The number of ether oxygens (including phenoxy) is 1. The quantitative estimate of drug-likeness (QED) is 0.773. The standard InChI is InChI=1S/C14H21ClN2O/c1-17(6-7-18-10-11-2-3-11)14-8-13(15)5-4-12(14)9-16/h4-5,8,11H,2-3,6-7,9-10,16H2,1H3. The van der Waals surface area contributed by atoms with Gasteiger partial charge in [0.05, 0.1) is 6.61 Å². The predicted molar refractivity (Wildman–Crippen MR) is 76.2 cm³/mol. The summed E-state index contributed by atoms with van der Waals surface area (Å²) in [6.45, 7) is 3.05. The zero-order valence-corrected chi connectivity index (χ0v) is 11.6. The van der Waals surface area contributed by atoms with Crippen molar-refractivity contribution in [1.82, 2.24) is 0 Å². The van der Waals surface area contributed by atoms with E-state index >= 15 is 0 Å². The van der Waals surface area contributed by atoms with Crippen LogP contribution in [0.3, 0.4) is 0 Å². The summed E-state index contributed by atoms with van der Waals surface area (Å²) in [7, 11) is 2.05. The highest BCUT2D eigenvalue weighted by Crippen LogP contribution is 2.28. The lowest BCUT2D eigenvalue weighted by atomic mass is 10.1. The van der Waals surface area contributed by atoms with Crippen LogP contribution >= 0.6 is 11.6 Å². The Morgan fingerprint density at radius 2 is 2.22 bits per heavy atom. The third-order valence-electron chi connectivity index (χ3n) is 3.30. The van der Waals surface area contributed by atoms with Crippen LogP contribution in [0.25, 0.3) is 0 Å². The van der Waals surface area contributed by atoms with Gasteiger partial charge in [0.1, 0.15) is 0 Å². The number of nitrogens with zero attached hydrogens (tertiary/aromatic N) is 1. The van der Waals surface area contributed by atoms with Crippen LogP contribution in [0.2, 0.25) is 5.02 Å². The molecule has 1 aliphatic rings. The largest absolute Gasteiger partial charge is 0.379 e. The summed E-state index contributed by atoms with van der Waals surface area (Å²) < 4.78 is 5.65. The van der Waals surface area contributed by atoms with E-state index in [0.717, 1.165) is 41.9 Å². The highest BCUT2D eigenvalue weighted by atomic mass is 35.5. The van der Waals surface area contributed by atoms with Crippen molar-refractivity contribution in [3.8, 4) is 0 Å². The average molecular weight is 269 g/mol. The fourth-order valence-corrected chi connectivity index (χ4v) is 2.09. The summed E-state index contributed by atoms with van der Waals surface area (Å²) in [5, 5.41) is 0.743. The van der Waals surface area contributed by atoms with Gasteiger partial charge in [-0.1, -0.05) is 17.7 Å². The fraction of sp³-hybridized carbons (Fsp3) is 0.571. The summed E-state index contributed by atoms with van der Waals surface area (Å²) >= 11 is 6.03. The zero-order chi connectivity index (χ0) is 13.0. The lowest BCUT2D eigenvalue weighted by Gasteiger charge is -2.22. The number of rotatable bonds is 7. The molecular formula is C14H21ClN2O. The van der Waals surface area contributed by atoms with Crippen molar-refractivity contribution >= 4 is 17.3 Å². The van der Waals surface area contributed by atoms with Crippen LogP contribution in [-0.2, 0) is 11.3 Å². The molecule has 0 spiro atoms. The molecule has 2 N–H and O–H groups in total. The third-order valence-corrected chi connectivity index (χ3v) is 3.54. The number of halogens is 1. The smallest absolute Gasteiger partial charge is 0.0641 e. The van der Waals surface area contributed by atoms with Crippen LogP contribution < -0.4 is 10.6 Å². The molecule has 0 saturated heterocycles. The summed E-state index contributed by atoms with van der Waals surface area (Å²) in [6.07, 6.45) is 2.67. The molecule has 1 fully saturated rings. The first-order valence-corrected chi connectivity index (χ1v) is 6.86. The molecule has 3 nitrogen and oxygen atoms in total. The van der Waals surface area contributed by atoms with Gasteiger partial charge in [-0.15, -0.1) is 0 Å². The molecule has 0 heterocycles. The third kappa shape index (κ3) is 3.87. The molecule has 4 heteroatoms. The molecule has 1 aromatic rings. The average Bonchev–Trinajstić information content (AvgIpc) is 3.18. The second-order valence-corrected chi connectivity index (χ2v) is 5.35. The van der Waals surface area contributed by atoms with Crippen molar-refractivity contribution < 1.29 is 4.74 Å². The van der Waals surface area contributed by atoms with Gasteiger partial charge in [-0.3, -0.25) is 0 Å². The number of likely N-dealkylation sites (N-methyl/N-ethyl adjacent to an activating group) is 1. The lowest BCUT2D eigenvalue weighted by Crippen LogP contribution is -2.24. The molecule has 0 aromatic heterocycles. The van der Waals surface area contributed by atoms with E-state index in [-0.39, 0.29) is 0 Å². The molecule has 2 rings (SSSR count). The Hall–Kier alpha value is -0.770. The predicted octanol–water partition coefficient (Wildman–Crippen LogP) is 2.66. The first-order valence-electron chi connectivity index (χ1n) is 6.48. The number of hydrogen-bond donors (Lipinski definition) is 1. The number of nitrogens with two attached hydrogens (primary N) is 1. The van der Waals surface area contributed by atoms with E-state index in [1.165, 1.54) is 12.8 Å². The van der Waals surface area contributed by atoms with Crippen molar-refractivity contribution in [1.29, 1.82) is 0 Å². The second kappa shape index (κ2) is 6.41. The van der Waals surface area contributed by atoms with Crippen molar-refractivity contribution in [2.45, 2.75) is 19.4 Å². The van der Waals surface area contributed by atoms with Crippen LogP contribution in [0.1, 0.15) is 18.4 Å². The molecule has 1 saturated carbocycles. The van der Waals surface area contributed by atoms with Gasteiger partial charge in [-0.2, -0.15) is 0 Å². The molecule has 0 radical (unpaired) electrons. The maximum atomic E-state index is 6.03. The van der Waals surface area contributed by atoms with E-state index in [9.17, 15) is 0 Å². The van der Waals surface area contributed by atoms with E-state index in [2.05, 4.69) is 4.90 Å². The van der Waals surface area contributed by atoms with Crippen molar-refractivity contribution in [2.24, 2.45) is 11.7 Å². The fourth-order valence-electron chi connectivity index (χ4n) is 1.92. The first kappa shape index (κ1) is 13.7. The molecule has 0 unspecified atom stereocenters. The molecule has 0 atom stereocenters. The molecule has 1 aromatic carbocycles.